The van der Waals surface area contributed by atoms with Crippen molar-refractivity contribution in [3.8, 4) is 0 Å². The third-order valence-corrected chi connectivity index (χ3v) is 4.23. The third-order valence-electron chi connectivity index (χ3n) is 3.09. The summed E-state index contributed by atoms with van der Waals surface area (Å²) in [6, 6.07) is 10.4. The highest BCUT2D eigenvalue weighted by molar-refractivity contribution is 7.11. The number of benzene rings is 1. The normalized spacial score (nSPS) is 12.5. The van der Waals surface area contributed by atoms with Gasteiger partial charge in [0.1, 0.15) is 5.01 Å². The Kier molecular flexibility index (Phi) is 5.51. The molecule has 0 spiro atoms. The number of hydrogen-bond acceptors (Lipinski definition) is 4. The SMILES string of the molecule is CCc1cnc(CNCCC(N)c2ccccc2)s1. The zero-order valence-electron chi connectivity index (χ0n) is 11.3. The summed E-state index contributed by atoms with van der Waals surface area (Å²) in [4.78, 5) is 5.73. The summed E-state index contributed by atoms with van der Waals surface area (Å²) in [6.45, 7) is 3.91. The van der Waals surface area contributed by atoms with E-state index in [0.29, 0.717) is 0 Å². The van der Waals surface area contributed by atoms with Gasteiger partial charge in [0.15, 0.2) is 0 Å². The largest absolute Gasteiger partial charge is 0.324 e. The van der Waals surface area contributed by atoms with Crippen molar-refractivity contribution in [3.05, 3.63) is 52.0 Å². The monoisotopic (exact) mass is 275 g/mol. The molecule has 0 saturated carbocycles. The van der Waals surface area contributed by atoms with E-state index in [9.17, 15) is 0 Å². The van der Waals surface area contributed by atoms with Crippen molar-refractivity contribution in [2.24, 2.45) is 5.73 Å². The second-order valence-electron chi connectivity index (χ2n) is 4.56. The lowest BCUT2D eigenvalue weighted by molar-refractivity contribution is 0.579. The topological polar surface area (TPSA) is 50.9 Å². The molecule has 0 saturated heterocycles. The van der Waals surface area contributed by atoms with E-state index in [1.807, 2.05) is 24.4 Å². The van der Waals surface area contributed by atoms with E-state index in [4.69, 9.17) is 5.73 Å². The number of nitrogens with one attached hydrogen (secondary N) is 1. The molecule has 3 nitrogen and oxygen atoms in total. The molecule has 1 unspecified atom stereocenters. The van der Waals surface area contributed by atoms with E-state index < -0.39 is 0 Å². The number of nitrogens with two attached hydrogens (primary N) is 1. The molecule has 0 radical (unpaired) electrons. The summed E-state index contributed by atoms with van der Waals surface area (Å²) in [5.41, 5.74) is 7.35. The molecule has 0 bridgehead atoms. The van der Waals surface area contributed by atoms with Crippen molar-refractivity contribution >= 4 is 11.3 Å². The average molecular weight is 275 g/mol. The molecule has 1 heterocycles. The number of nitrogens with zero attached hydrogens (tertiary/aromatic N) is 1. The quantitative estimate of drug-likeness (QED) is 0.764. The lowest BCUT2D eigenvalue weighted by Crippen LogP contribution is -2.20. The van der Waals surface area contributed by atoms with Gasteiger partial charge in [-0.25, -0.2) is 4.98 Å². The van der Waals surface area contributed by atoms with Gasteiger partial charge in [-0.1, -0.05) is 37.3 Å². The van der Waals surface area contributed by atoms with Crippen LogP contribution in [0.25, 0.3) is 0 Å². The highest BCUT2D eigenvalue weighted by Crippen LogP contribution is 2.14. The van der Waals surface area contributed by atoms with Crippen LogP contribution in [0, 0.1) is 0 Å². The van der Waals surface area contributed by atoms with Crippen molar-refractivity contribution in [1.29, 1.82) is 0 Å². The first kappa shape index (κ1) is 14.2. The maximum absolute atomic E-state index is 6.15. The number of thiazole rings is 1. The number of rotatable bonds is 7. The Hall–Kier alpha value is -1.23. The van der Waals surface area contributed by atoms with Gasteiger partial charge in [0.2, 0.25) is 0 Å². The van der Waals surface area contributed by atoms with Gasteiger partial charge in [-0.2, -0.15) is 0 Å². The molecule has 2 rings (SSSR count). The summed E-state index contributed by atoms with van der Waals surface area (Å²) < 4.78 is 0. The lowest BCUT2D eigenvalue weighted by atomic mass is 10.1. The van der Waals surface area contributed by atoms with Crippen LogP contribution in [0.2, 0.25) is 0 Å². The third kappa shape index (κ3) is 4.42. The number of aromatic nitrogens is 1. The van der Waals surface area contributed by atoms with Gasteiger partial charge in [-0.3, -0.25) is 0 Å². The molecule has 0 aliphatic rings. The molecule has 102 valence electrons. The molecule has 19 heavy (non-hydrogen) atoms. The highest BCUT2D eigenvalue weighted by atomic mass is 32.1. The Labute approximate surface area is 118 Å². The zero-order chi connectivity index (χ0) is 13.5. The second-order valence-corrected chi connectivity index (χ2v) is 5.76. The predicted molar refractivity (Wildman–Crippen MR) is 81.2 cm³/mol. The fourth-order valence-corrected chi connectivity index (χ4v) is 2.75. The summed E-state index contributed by atoms with van der Waals surface area (Å²) in [7, 11) is 0. The molecule has 0 amide bonds. The Morgan fingerprint density at radius 2 is 2.11 bits per heavy atom. The lowest BCUT2D eigenvalue weighted by Gasteiger charge is -2.11. The molecule has 2 aromatic rings. The van der Waals surface area contributed by atoms with Gasteiger partial charge >= 0.3 is 0 Å². The molecular weight excluding hydrogens is 254 g/mol. The van der Waals surface area contributed by atoms with E-state index in [1.165, 1.54) is 10.4 Å². The van der Waals surface area contributed by atoms with Crippen LogP contribution >= 0.6 is 11.3 Å². The molecule has 0 fully saturated rings. The summed E-state index contributed by atoms with van der Waals surface area (Å²) in [5, 5.41) is 4.57. The van der Waals surface area contributed by atoms with Gasteiger partial charge < -0.3 is 11.1 Å². The molecule has 3 N–H and O–H groups in total. The predicted octanol–water partition coefficient (Wildman–Crippen LogP) is 2.89. The smallest absolute Gasteiger partial charge is 0.107 e. The first-order valence-electron chi connectivity index (χ1n) is 6.74. The minimum Gasteiger partial charge on any atom is -0.324 e. The van der Waals surface area contributed by atoms with Crippen molar-refractivity contribution in [2.75, 3.05) is 6.54 Å². The minimum absolute atomic E-state index is 0.108. The maximum Gasteiger partial charge on any atom is 0.107 e. The van der Waals surface area contributed by atoms with Crippen LogP contribution in [0.4, 0.5) is 0 Å². The van der Waals surface area contributed by atoms with Crippen molar-refractivity contribution in [3.63, 3.8) is 0 Å². The van der Waals surface area contributed by atoms with Gasteiger partial charge in [0.05, 0.1) is 0 Å². The fraction of sp³-hybridized carbons (Fsp3) is 0.400. The van der Waals surface area contributed by atoms with E-state index in [0.717, 1.165) is 30.9 Å². The molecule has 0 aliphatic heterocycles. The molecule has 0 aliphatic carbocycles. The molecule has 4 heteroatoms. The van der Waals surface area contributed by atoms with Gasteiger partial charge in [0.25, 0.3) is 0 Å². The average Bonchev–Trinajstić information content (AvgIpc) is 2.92. The number of hydrogen-bond donors (Lipinski definition) is 2. The van der Waals surface area contributed by atoms with Crippen LogP contribution in [0.5, 0.6) is 0 Å². The van der Waals surface area contributed by atoms with Gasteiger partial charge in [-0.05, 0) is 24.9 Å². The molecule has 1 atom stereocenters. The standard InChI is InChI=1S/C15H21N3S/c1-2-13-10-18-15(19-13)11-17-9-8-14(16)12-6-4-3-5-7-12/h3-7,10,14,17H,2,8-9,11,16H2,1H3. The molecule has 1 aromatic heterocycles. The minimum atomic E-state index is 0.108. The Morgan fingerprint density at radius 3 is 2.79 bits per heavy atom. The van der Waals surface area contributed by atoms with Crippen LogP contribution in [0.3, 0.4) is 0 Å². The van der Waals surface area contributed by atoms with Crippen LogP contribution in [-0.4, -0.2) is 11.5 Å². The number of aryl methyl sites for hydroxylation is 1. The van der Waals surface area contributed by atoms with Crippen LogP contribution in [-0.2, 0) is 13.0 Å². The van der Waals surface area contributed by atoms with Crippen molar-refractivity contribution in [2.45, 2.75) is 32.4 Å². The van der Waals surface area contributed by atoms with Crippen molar-refractivity contribution < 1.29 is 0 Å². The van der Waals surface area contributed by atoms with E-state index >= 15 is 0 Å². The van der Waals surface area contributed by atoms with Gasteiger partial charge in [-0.15, -0.1) is 11.3 Å². The Balaban J connectivity index is 1.69. The maximum atomic E-state index is 6.15. The molecular formula is C15H21N3S. The van der Waals surface area contributed by atoms with Gasteiger partial charge in [0, 0.05) is 23.7 Å². The van der Waals surface area contributed by atoms with Crippen LogP contribution < -0.4 is 11.1 Å². The Morgan fingerprint density at radius 1 is 1.32 bits per heavy atom. The first-order valence-corrected chi connectivity index (χ1v) is 7.56. The highest BCUT2D eigenvalue weighted by Gasteiger charge is 2.05. The summed E-state index contributed by atoms with van der Waals surface area (Å²) in [6.07, 6.45) is 3.98. The first-order chi connectivity index (χ1) is 9.29. The fourth-order valence-electron chi connectivity index (χ4n) is 1.91. The molecule has 1 aromatic carbocycles. The van der Waals surface area contributed by atoms with Crippen LogP contribution in [0.1, 0.15) is 34.8 Å². The van der Waals surface area contributed by atoms with Crippen molar-refractivity contribution in [1.82, 2.24) is 10.3 Å². The Bertz CT molecular complexity index is 481. The zero-order valence-corrected chi connectivity index (χ0v) is 12.1. The van der Waals surface area contributed by atoms with E-state index in [-0.39, 0.29) is 6.04 Å². The summed E-state index contributed by atoms with van der Waals surface area (Å²) in [5.74, 6) is 0. The van der Waals surface area contributed by atoms with Crippen LogP contribution in [0.15, 0.2) is 36.5 Å². The van der Waals surface area contributed by atoms with E-state index in [2.05, 4.69) is 29.4 Å². The summed E-state index contributed by atoms with van der Waals surface area (Å²) >= 11 is 1.78. The second kappa shape index (κ2) is 7.38. The van der Waals surface area contributed by atoms with E-state index in [1.54, 1.807) is 11.3 Å².